The smallest absolute Gasteiger partial charge is 0.338 e. The molecule has 0 saturated heterocycles. The van der Waals surface area contributed by atoms with Crippen molar-refractivity contribution in [3.8, 4) is 0 Å². The van der Waals surface area contributed by atoms with Gasteiger partial charge in [-0.1, -0.05) is 41.7 Å². The number of benzene rings is 1. The van der Waals surface area contributed by atoms with Gasteiger partial charge in [0.25, 0.3) is 0 Å². The van der Waals surface area contributed by atoms with Crippen molar-refractivity contribution >= 4 is 45.9 Å². The number of carbonyl (C=O) groups is 3. The summed E-state index contributed by atoms with van der Waals surface area (Å²) in [6, 6.07) is 6.74. The first kappa shape index (κ1) is 21.3. The highest BCUT2D eigenvalue weighted by Gasteiger charge is 2.25. The Kier molecular flexibility index (Phi) is 7.59. The van der Waals surface area contributed by atoms with E-state index in [0.29, 0.717) is 11.3 Å². The Balaban J connectivity index is 1.67. The molecule has 154 valence electrons. The molecular weight excluding hydrogens is 414 g/mol. The van der Waals surface area contributed by atoms with Gasteiger partial charge < -0.3 is 20.1 Å². The highest BCUT2D eigenvalue weighted by molar-refractivity contribution is 8.38. The lowest BCUT2D eigenvalue weighted by atomic mass is 10.1. The summed E-state index contributed by atoms with van der Waals surface area (Å²) in [6.45, 7) is 2.51. The molecule has 2 heterocycles. The van der Waals surface area contributed by atoms with E-state index < -0.39 is 18.0 Å². The van der Waals surface area contributed by atoms with Crippen molar-refractivity contribution in [2.45, 2.75) is 12.7 Å². The Labute approximate surface area is 176 Å². The summed E-state index contributed by atoms with van der Waals surface area (Å²) in [6.07, 6.45) is 0. The van der Waals surface area contributed by atoms with E-state index in [4.69, 9.17) is 9.47 Å². The molecule has 0 fully saturated rings. The Morgan fingerprint density at radius 3 is 2.83 bits per heavy atom. The number of carbonyl (C=O) groups excluding carboxylic acids is 3. The second kappa shape index (κ2) is 10.4. The third-order valence-electron chi connectivity index (χ3n) is 4.07. The van der Waals surface area contributed by atoms with Gasteiger partial charge in [-0.3, -0.25) is 4.99 Å². The van der Waals surface area contributed by atoms with Gasteiger partial charge in [0.2, 0.25) is 0 Å². The molecule has 1 aromatic rings. The van der Waals surface area contributed by atoms with Gasteiger partial charge >= 0.3 is 18.0 Å². The molecule has 0 atom stereocenters. The van der Waals surface area contributed by atoms with E-state index >= 15 is 0 Å². The van der Waals surface area contributed by atoms with E-state index in [-0.39, 0.29) is 31.0 Å². The number of nitrogens with one attached hydrogen (secondary N) is 2. The maximum absolute atomic E-state index is 12.7. The van der Waals surface area contributed by atoms with Gasteiger partial charge in [0.05, 0.1) is 36.5 Å². The molecule has 2 aliphatic rings. The predicted octanol–water partition coefficient (Wildman–Crippen LogP) is 2.31. The lowest BCUT2D eigenvalue weighted by Crippen LogP contribution is -2.45. The number of rotatable bonds is 7. The van der Waals surface area contributed by atoms with E-state index in [1.54, 1.807) is 42.6 Å². The topological polar surface area (TPSA) is 106 Å². The summed E-state index contributed by atoms with van der Waals surface area (Å²) in [5, 5.41) is 5.03. The second-order valence-electron chi connectivity index (χ2n) is 6.00. The van der Waals surface area contributed by atoms with Crippen LogP contribution in [0.2, 0.25) is 0 Å². The Morgan fingerprint density at radius 2 is 2.07 bits per heavy atom. The monoisotopic (exact) mass is 435 g/mol. The molecule has 10 heteroatoms. The fourth-order valence-corrected chi connectivity index (χ4v) is 4.69. The van der Waals surface area contributed by atoms with Crippen LogP contribution in [0.25, 0.3) is 0 Å². The van der Waals surface area contributed by atoms with Crippen molar-refractivity contribution in [2.75, 3.05) is 32.1 Å². The molecule has 0 aliphatic carbocycles. The summed E-state index contributed by atoms with van der Waals surface area (Å²) in [5.41, 5.74) is 1.75. The van der Waals surface area contributed by atoms with E-state index in [2.05, 4.69) is 15.6 Å². The average Bonchev–Trinajstić information content (AvgIpc) is 3.24. The summed E-state index contributed by atoms with van der Waals surface area (Å²) >= 11 is 3.31. The molecule has 0 unspecified atom stereocenters. The van der Waals surface area contributed by atoms with Crippen molar-refractivity contribution in [3.05, 3.63) is 46.7 Å². The molecule has 2 amide bonds. The molecule has 2 aliphatic heterocycles. The van der Waals surface area contributed by atoms with Crippen LogP contribution in [-0.2, 0) is 20.0 Å². The SMILES string of the molecule is CCOC(=O)C1=C(COC(=O)c2ccccc2CSC2=NCCS2)NC(=O)NC1. The van der Waals surface area contributed by atoms with Crippen molar-refractivity contribution in [3.63, 3.8) is 0 Å². The quantitative estimate of drug-likeness (QED) is 0.633. The van der Waals surface area contributed by atoms with Crippen molar-refractivity contribution in [1.29, 1.82) is 0 Å². The minimum atomic E-state index is -0.558. The van der Waals surface area contributed by atoms with E-state index in [1.165, 1.54) is 0 Å². The number of esters is 2. The number of nitrogens with zero attached hydrogens (tertiary/aromatic N) is 1. The number of amides is 2. The normalized spacial score (nSPS) is 16.0. The second-order valence-corrected chi connectivity index (χ2v) is 8.31. The van der Waals surface area contributed by atoms with Crippen LogP contribution in [0, 0.1) is 0 Å². The molecule has 0 aromatic heterocycles. The fourth-order valence-electron chi connectivity index (χ4n) is 2.67. The number of urea groups is 1. The third-order valence-corrected chi connectivity index (χ3v) is 6.37. The molecule has 29 heavy (non-hydrogen) atoms. The third kappa shape index (κ3) is 5.77. The van der Waals surface area contributed by atoms with Crippen molar-refractivity contribution < 1.29 is 23.9 Å². The zero-order chi connectivity index (χ0) is 20.6. The zero-order valence-corrected chi connectivity index (χ0v) is 17.5. The Morgan fingerprint density at radius 1 is 1.24 bits per heavy atom. The maximum atomic E-state index is 12.7. The van der Waals surface area contributed by atoms with E-state index in [0.717, 1.165) is 22.2 Å². The number of hydrogen-bond acceptors (Lipinski definition) is 8. The minimum Gasteiger partial charge on any atom is -0.463 e. The van der Waals surface area contributed by atoms with Crippen LogP contribution in [0.4, 0.5) is 4.79 Å². The molecule has 0 spiro atoms. The van der Waals surface area contributed by atoms with E-state index in [1.807, 2.05) is 12.1 Å². The maximum Gasteiger partial charge on any atom is 0.338 e. The highest BCUT2D eigenvalue weighted by Crippen LogP contribution is 2.26. The fraction of sp³-hybridized carbons (Fsp3) is 0.368. The van der Waals surface area contributed by atoms with Crippen LogP contribution in [-0.4, -0.2) is 54.4 Å². The molecule has 1 aromatic carbocycles. The molecular formula is C19H21N3O5S2. The van der Waals surface area contributed by atoms with Gasteiger partial charge in [-0.2, -0.15) is 0 Å². The van der Waals surface area contributed by atoms with Gasteiger partial charge in [-0.15, -0.1) is 0 Å². The first-order chi connectivity index (χ1) is 14.1. The number of hydrogen-bond donors (Lipinski definition) is 2. The molecule has 3 rings (SSSR count). The Bertz CT molecular complexity index is 869. The zero-order valence-electron chi connectivity index (χ0n) is 15.9. The molecule has 0 bridgehead atoms. The first-order valence-electron chi connectivity index (χ1n) is 9.07. The minimum absolute atomic E-state index is 0.0184. The average molecular weight is 436 g/mol. The molecule has 0 radical (unpaired) electrons. The first-order valence-corrected chi connectivity index (χ1v) is 11.0. The summed E-state index contributed by atoms with van der Waals surface area (Å²) in [5.74, 6) is 0.516. The lowest BCUT2D eigenvalue weighted by molar-refractivity contribution is -0.138. The lowest BCUT2D eigenvalue weighted by Gasteiger charge is -2.21. The van der Waals surface area contributed by atoms with E-state index in [9.17, 15) is 14.4 Å². The van der Waals surface area contributed by atoms with Gasteiger partial charge in [0.1, 0.15) is 11.0 Å². The van der Waals surface area contributed by atoms with Gasteiger partial charge in [0.15, 0.2) is 0 Å². The summed E-state index contributed by atoms with van der Waals surface area (Å²) in [4.78, 5) is 40.7. The number of ether oxygens (including phenoxy) is 2. The van der Waals surface area contributed by atoms with Crippen LogP contribution in [0.5, 0.6) is 0 Å². The van der Waals surface area contributed by atoms with Crippen molar-refractivity contribution in [2.24, 2.45) is 4.99 Å². The van der Waals surface area contributed by atoms with Crippen LogP contribution in [0.1, 0.15) is 22.8 Å². The van der Waals surface area contributed by atoms with Crippen LogP contribution < -0.4 is 10.6 Å². The predicted molar refractivity (Wildman–Crippen MR) is 113 cm³/mol. The van der Waals surface area contributed by atoms with Gasteiger partial charge in [-0.25, -0.2) is 14.4 Å². The van der Waals surface area contributed by atoms with Crippen LogP contribution in [0.15, 0.2) is 40.5 Å². The molecule has 2 N–H and O–H groups in total. The van der Waals surface area contributed by atoms with Crippen LogP contribution in [0.3, 0.4) is 0 Å². The van der Waals surface area contributed by atoms with Crippen LogP contribution >= 0.6 is 23.5 Å². The summed E-state index contributed by atoms with van der Waals surface area (Å²) in [7, 11) is 0. The standard InChI is InChI=1S/C19H21N3O5S2/c1-2-26-17(24)14-9-21-18(25)22-15(14)10-27-16(23)13-6-4-3-5-12(13)11-29-19-20-7-8-28-19/h3-6H,2,7-11H2,1H3,(H2,21,22,25). The highest BCUT2D eigenvalue weighted by atomic mass is 32.2. The summed E-state index contributed by atoms with van der Waals surface area (Å²) < 4.78 is 11.4. The van der Waals surface area contributed by atoms with Crippen molar-refractivity contribution in [1.82, 2.24) is 10.6 Å². The number of aliphatic imine (C=N–C) groups is 1. The molecule has 8 nitrogen and oxygen atoms in total. The number of thioether (sulfide) groups is 2. The Hall–Kier alpha value is -2.46. The van der Waals surface area contributed by atoms with Gasteiger partial charge in [-0.05, 0) is 18.6 Å². The largest absolute Gasteiger partial charge is 0.463 e. The van der Waals surface area contributed by atoms with Gasteiger partial charge in [0, 0.05) is 11.5 Å². The molecule has 0 saturated carbocycles.